The number of fused-ring (bicyclic) bond motifs is 1. The Labute approximate surface area is 170 Å². The molecule has 1 fully saturated rings. The van der Waals surface area contributed by atoms with E-state index in [0.717, 1.165) is 17.1 Å². The lowest BCUT2D eigenvalue weighted by Crippen LogP contribution is -2.63. The molecular weight excluding hydrogens is 371 g/mol. The molecule has 29 heavy (non-hydrogen) atoms. The summed E-state index contributed by atoms with van der Waals surface area (Å²) in [5.74, 6) is 1.14. The third-order valence-electron chi connectivity index (χ3n) is 5.87. The van der Waals surface area contributed by atoms with Crippen molar-refractivity contribution >= 4 is 5.91 Å². The van der Waals surface area contributed by atoms with Crippen molar-refractivity contribution in [2.75, 3.05) is 20.2 Å². The molecule has 1 amide bonds. The number of hydrogen-bond acceptors (Lipinski definition) is 4. The van der Waals surface area contributed by atoms with Gasteiger partial charge in [-0.1, -0.05) is 18.2 Å². The molecule has 154 valence electrons. The van der Waals surface area contributed by atoms with Crippen LogP contribution in [0.3, 0.4) is 0 Å². The molecule has 1 unspecified atom stereocenters. The number of methoxy groups -OCH3 is 1. The van der Waals surface area contributed by atoms with Gasteiger partial charge in [0.25, 0.3) is 0 Å². The largest absolute Gasteiger partial charge is 0.497 e. The first kappa shape index (κ1) is 19.7. The molecule has 1 atom stereocenters. The number of carbonyl (C=O) groups excluding carboxylic acids is 1. The molecule has 5 nitrogen and oxygen atoms in total. The number of halogens is 1. The Morgan fingerprint density at radius 1 is 1.28 bits per heavy atom. The first-order chi connectivity index (χ1) is 13.8. The van der Waals surface area contributed by atoms with E-state index in [1.807, 2.05) is 32.0 Å². The normalized spacial score (nSPS) is 21.3. The number of nitrogens with one attached hydrogen (secondary N) is 2. The lowest BCUT2D eigenvalue weighted by atomic mass is 9.74. The number of rotatable bonds is 5. The highest BCUT2D eigenvalue weighted by Crippen LogP contribution is 2.42. The SMILES string of the molecule is COc1ccc2c(c1)C(NC(=O)C1(Cc3ccccc3F)CNC1)CC(C)(C)O2. The molecule has 0 saturated carbocycles. The van der Waals surface area contributed by atoms with Crippen molar-refractivity contribution in [3.63, 3.8) is 0 Å². The molecule has 0 aliphatic carbocycles. The fourth-order valence-corrected chi connectivity index (χ4v) is 4.20. The van der Waals surface area contributed by atoms with Crippen molar-refractivity contribution in [2.24, 2.45) is 5.41 Å². The molecule has 2 aromatic rings. The summed E-state index contributed by atoms with van der Waals surface area (Å²) in [6, 6.07) is 12.1. The lowest BCUT2D eigenvalue weighted by Gasteiger charge is -2.44. The molecule has 2 aliphatic rings. The van der Waals surface area contributed by atoms with Gasteiger partial charge in [0.2, 0.25) is 5.91 Å². The van der Waals surface area contributed by atoms with Crippen molar-refractivity contribution in [3.05, 3.63) is 59.4 Å². The predicted molar refractivity (Wildman–Crippen MR) is 109 cm³/mol. The highest BCUT2D eigenvalue weighted by Gasteiger charge is 2.46. The van der Waals surface area contributed by atoms with Crippen molar-refractivity contribution in [1.29, 1.82) is 0 Å². The first-order valence-electron chi connectivity index (χ1n) is 9.94. The van der Waals surface area contributed by atoms with Crippen LogP contribution < -0.4 is 20.1 Å². The molecular formula is C23H27FN2O3. The average molecular weight is 398 g/mol. The maximum absolute atomic E-state index is 14.2. The van der Waals surface area contributed by atoms with Gasteiger partial charge in [-0.05, 0) is 50.1 Å². The summed E-state index contributed by atoms with van der Waals surface area (Å²) >= 11 is 0. The molecule has 2 aliphatic heterocycles. The third-order valence-corrected chi connectivity index (χ3v) is 5.87. The molecule has 2 heterocycles. The van der Waals surface area contributed by atoms with Gasteiger partial charge in [0, 0.05) is 25.1 Å². The summed E-state index contributed by atoms with van der Waals surface area (Å²) in [5.41, 5.74) is 0.420. The Morgan fingerprint density at radius 2 is 2.03 bits per heavy atom. The van der Waals surface area contributed by atoms with E-state index >= 15 is 0 Å². The zero-order chi connectivity index (χ0) is 20.6. The van der Waals surface area contributed by atoms with Gasteiger partial charge in [-0.25, -0.2) is 4.39 Å². The van der Waals surface area contributed by atoms with E-state index in [2.05, 4.69) is 10.6 Å². The van der Waals surface area contributed by atoms with Crippen LogP contribution in [-0.2, 0) is 11.2 Å². The van der Waals surface area contributed by atoms with Gasteiger partial charge in [-0.3, -0.25) is 4.79 Å². The fraction of sp³-hybridized carbons (Fsp3) is 0.435. The van der Waals surface area contributed by atoms with Crippen molar-refractivity contribution in [3.8, 4) is 11.5 Å². The van der Waals surface area contributed by atoms with Crippen LogP contribution in [-0.4, -0.2) is 31.7 Å². The van der Waals surface area contributed by atoms with Crippen LogP contribution in [0.4, 0.5) is 4.39 Å². The zero-order valence-corrected chi connectivity index (χ0v) is 17.0. The smallest absolute Gasteiger partial charge is 0.229 e. The number of carbonyl (C=O) groups is 1. The van der Waals surface area contributed by atoms with Gasteiger partial charge in [-0.2, -0.15) is 0 Å². The summed E-state index contributed by atoms with van der Waals surface area (Å²) < 4.78 is 25.7. The van der Waals surface area contributed by atoms with Crippen LogP contribution in [0.1, 0.15) is 37.4 Å². The average Bonchev–Trinajstić information content (AvgIpc) is 2.65. The second kappa shape index (κ2) is 7.34. The minimum atomic E-state index is -0.649. The summed E-state index contributed by atoms with van der Waals surface area (Å²) in [6.45, 7) is 5.09. The lowest BCUT2D eigenvalue weighted by molar-refractivity contribution is -0.135. The van der Waals surface area contributed by atoms with Crippen LogP contribution in [0, 0.1) is 11.2 Å². The van der Waals surface area contributed by atoms with Crippen LogP contribution in [0.25, 0.3) is 0 Å². The summed E-state index contributed by atoms with van der Waals surface area (Å²) in [6.07, 6.45) is 1.01. The minimum absolute atomic E-state index is 0.0593. The summed E-state index contributed by atoms with van der Waals surface area (Å²) in [4.78, 5) is 13.4. The van der Waals surface area contributed by atoms with Gasteiger partial charge in [-0.15, -0.1) is 0 Å². The van der Waals surface area contributed by atoms with E-state index in [0.29, 0.717) is 31.5 Å². The van der Waals surface area contributed by atoms with E-state index in [-0.39, 0.29) is 17.8 Å². The molecule has 0 bridgehead atoms. The maximum atomic E-state index is 14.2. The quantitative estimate of drug-likeness (QED) is 0.811. The van der Waals surface area contributed by atoms with Crippen LogP contribution in [0.15, 0.2) is 42.5 Å². The molecule has 0 radical (unpaired) electrons. The van der Waals surface area contributed by atoms with Gasteiger partial charge in [0.15, 0.2) is 0 Å². The first-order valence-corrected chi connectivity index (χ1v) is 9.94. The molecule has 0 aromatic heterocycles. The molecule has 0 spiro atoms. The zero-order valence-electron chi connectivity index (χ0n) is 17.0. The maximum Gasteiger partial charge on any atom is 0.229 e. The van der Waals surface area contributed by atoms with Crippen LogP contribution in [0.2, 0.25) is 0 Å². The molecule has 4 rings (SSSR count). The van der Waals surface area contributed by atoms with E-state index in [9.17, 15) is 9.18 Å². The highest BCUT2D eigenvalue weighted by molar-refractivity contribution is 5.85. The predicted octanol–water partition coefficient (Wildman–Crippen LogP) is 3.39. The Balaban J connectivity index is 1.59. The summed E-state index contributed by atoms with van der Waals surface area (Å²) in [5, 5.41) is 6.41. The topological polar surface area (TPSA) is 59.6 Å². The fourth-order valence-electron chi connectivity index (χ4n) is 4.20. The number of hydrogen-bond donors (Lipinski definition) is 2. The Morgan fingerprint density at radius 3 is 2.69 bits per heavy atom. The van der Waals surface area contributed by atoms with E-state index < -0.39 is 11.0 Å². The molecule has 6 heteroatoms. The van der Waals surface area contributed by atoms with E-state index in [1.165, 1.54) is 6.07 Å². The van der Waals surface area contributed by atoms with E-state index in [1.54, 1.807) is 25.3 Å². The number of amides is 1. The second-order valence-corrected chi connectivity index (χ2v) is 8.65. The van der Waals surface area contributed by atoms with Crippen molar-refractivity contribution in [1.82, 2.24) is 10.6 Å². The van der Waals surface area contributed by atoms with Gasteiger partial charge >= 0.3 is 0 Å². The third kappa shape index (κ3) is 3.81. The van der Waals surface area contributed by atoms with Gasteiger partial charge < -0.3 is 20.1 Å². The Hall–Kier alpha value is -2.60. The summed E-state index contributed by atoms with van der Waals surface area (Å²) in [7, 11) is 1.62. The number of benzene rings is 2. The molecule has 2 N–H and O–H groups in total. The van der Waals surface area contributed by atoms with Crippen LogP contribution in [0.5, 0.6) is 11.5 Å². The second-order valence-electron chi connectivity index (χ2n) is 8.65. The van der Waals surface area contributed by atoms with Crippen molar-refractivity contribution < 1.29 is 18.7 Å². The Bertz CT molecular complexity index is 924. The standard InChI is InChI=1S/C23H27FN2O3/c1-22(2)12-19(17-10-16(28-3)8-9-20(17)29-22)26-21(27)23(13-25-14-23)11-15-6-4-5-7-18(15)24/h4-10,19,25H,11-14H2,1-3H3,(H,26,27). The number of ether oxygens (including phenoxy) is 2. The highest BCUT2D eigenvalue weighted by atomic mass is 19.1. The van der Waals surface area contributed by atoms with Gasteiger partial charge in [0.1, 0.15) is 22.9 Å². The van der Waals surface area contributed by atoms with Crippen molar-refractivity contribution in [2.45, 2.75) is 38.3 Å². The van der Waals surface area contributed by atoms with Gasteiger partial charge in [0.05, 0.1) is 18.6 Å². The molecule has 1 saturated heterocycles. The van der Waals surface area contributed by atoms with Crippen LogP contribution >= 0.6 is 0 Å². The molecule has 2 aromatic carbocycles. The monoisotopic (exact) mass is 398 g/mol. The van der Waals surface area contributed by atoms with E-state index in [4.69, 9.17) is 9.47 Å². The minimum Gasteiger partial charge on any atom is -0.497 e. The Kier molecular flexibility index (Phi) is 4.99.